The highest BCUT2D eigenvalue weighted by molar-refractivity contribution is 5.85. The second-order valence-electron chi connectivity index (χ2n) is 4.94. The monoisotopic (exact) mass is 309 g/mol. The van der Waals surface area contributed by atoms with Gasteiger partial charge in [-0.2, -0.15) is 0 Å². The summed E-state index contributed by atoms with van der Waals surface area (Å²) < 4.78 is 1.81. The van der Waals surface area contributed by atoms with E-state index in [0.29, 0.717) is 6.54 Å². The predicted molar refractivity (Wildman–Crippen MR) is 83.3 cm³/mol. The number of carbonyl (C=O) groups is 1. The van der Waals surface area contributed by atoms with E-state index in [0.717, 1.165) is 11.4 Å². The van der Waals surface area contributed by atoms with Gasteiger partial charge in [-0.3, -0.25) is 9.36 Å². The van der Waals surface area contributed by atoms with Gasteiger partial charge in [0.25, 0.3) is 0 Å². The minimum absolute atomic E-state index is 0. The maximum Gasteiger partial charge on any atom is 0.237 e. The number of amides is 1. The highest BCUT2D eigenvalue weighted by atomic mass is 35.5. The molecule has 6 nitrogen and oxygen atoms in total. The first-order valence-electron chi connectivity index (χ1n) is 6.55. The number of imidazole rings is 1. The molecule has 0 aliphatic rings. The molecular formula is C14H20ClN5O. The first-order valence-corrected chi connectivity index (χ1v) is 6.55. The van der Waals surface area contributed by atoms with Gasteiger partial charge in [0.05, 0.1) is 6.04 Å². The van der Waals surface area contributed by atoms with Gasteiger partial charge in [-0.25, -0.2) is 9.97 Å². The zero-order chi connectivity index (χ0) is 14.5. The molecule has 2 rings (SSSR count). The molecule has 0 saturated heterocycles. The highest BCUT2D eigenvalue weighted by Gasteiger charge is 2.17. The summed E-state index contributed by atoms with van der Waals surface area (Å²) in [6.07, 6.45) is 6.88. The molecule has 0 radical (unpaired) electrons. The van der Waals surface area contributed by atoms with Crippen LogP contribution in [0, 0.1) is 5.92 Å². The van der Waals surface area contributed by atoms with Gasteiger partial charge in [-0.05, 0) is 12.0 Å². The van der Waals surface area contributed by atoms with Crippen molar-refractivity contribution in [3.8, 4) is 5.82 Å². The SMILES string of the molecule is CC(C)[C@H](N)C(=O)NCc1cccnc1-n1ccnc1.Cl. The summed E-state index contributed by atoms with van der Waals surface area (Å²) in [4.78, 5) is 20.2. The molecule has 7 heteroatoms. The molecule has 0 aliphatic heterocycles. The summed E-state index contributed by atoms with van der Waals surface area (Å²) >= 11 is 0. The number of pyridine rings is 1. The molecule has 0 spiro atoms. The summed E-state index contributed by atoms with van der Waals surface area (Å²) in [6.45, 7) is 4.23. The molecule has 0 aromatic carbocycles. The van der Waals surface area contributed by atoms with Crippen LogP contribution in [0.1, 0.15) is 19.4 Å². The lowest BCUT2D eigenvalue weighted by Gasteiger charge is -2.16. The average molecular weight is 310 g/mol. The molecule has 2 aromatic heterocycles. The molecule has 0 unspecified atom stereocenters. The molecular weight excluding hydrogens is 290 g/mol. The van der Waals surface area contributed by atoms with Crippen LogP contribution in [0.25, 0.3) is 5.82 Å². The van der Waals surface area contributed by atoms with Crippen LogP contribution in [0.4, 0.5) is 0 Å². The largest absolute Gasteiger partial charge is 0.351 e. The van der Waals surface area contributed by atoms with Crippen LogP contribution in [0.5, 0.6) is 0 Å². The second-order valence-corrected chi connectivity index (χ2v) is 4.94. The van der Waals surface area contributed by atoms with E-state index in [1.165, 1.54) is 0 Å². The topological polar surface area (TPSA) is 85.8 Å². The summed E-state index contributed by atoms with van der Waals surface area (Å²) in [7, 11) is 0. The molecule has 0 bridgehead atoms. The van der Waals surface area contributed by atoms with Gasteiger partial charge < -0.3 is 11.1 Å². The van der Waals surface area contributed by atoms with Crippen molar-refractivity contribution in [2.45, 2.75) is 26.4 Å². The summed E-state index contributed by atoms with van der Waals surface area (Å²) in [5.74, 6) is 0.709. The maximum absolute atomic E-state index is 11.9. The van der Waals surface area contributed by atoms with E-state index in [9.17, 15) is 4.79 Å². The molecule has 0 fully saturated rings. The van der Waals surface area contributed by atoms with E-state index >= 15 is 0 Å². The quantitative estimate of drug-likeness (QED) is 0.871. The molecule has 114 valence electrons. The minimum atomic E-state index is -0.497. The van der Waals surface area contributed by atoms with Crippen molar-refractivity contribution in [3.05, 3.63) is 42.6 Å². The Morgan fingerprint density at radius 2 is 2.19 bits per heavy atom. The van der Waals surface area contributed by atoms with E-state index in [1.54, 1.807) is 18.7 Å². The smallest absolute Gasteiger partial charge is 0.237 e. The van der Waals surface area contributed by atoms with E-state index in [4.69, 9.17) is 5.73 Å². The number of hydrogen-bond acceptors (Lipinski definition) is 4. The Bertz CT molecular complexity index is 571. The lowest BCUT2D eigenvalue weighted by Crippen LogP contribution is -2.43. The lowest BCUT2D eigenvalue weighted by atomic mass is 10.0. The van der Waals surface area contributed by atoms with Gasteiger partial charge >= 0.3 is 0 Å². The molecule has 2 heterocycles. The van der Waals surface area contributed by atoms with Crippen LogP contribution < -0.4 is 11.1 Å². The standard InChI is InChI=1S/C14H19N5O.ClH/c1-10(2)12(15)14(20)18-8-11-4-3-5-17-13(11)19-7-6-16-9-19;/h3-7,9-10,12H,8,15H2,1-2H3,(H,18,20);1H/t12-;/m0./s1. The molecule has 1 atom stereocenters. The van der Waals surface area contributed by atoms with E-state index in [-0.39, 0.29) is 24.2 Å². The van der Waals surface area contributed by atoms with Crippen molar-refractivity contribution in [3.63, 3.8) is 0 Å². The van der Waals surface area contributed by atoms with Crippen LogP contribution in [0.2, 0.25) is 0 Å². The molecule has 2 aromatic rings. The number of halogens is 1. The van der Waals surface area contributed by atoms with Gasteiger partial charge in [0, 0.05) is 30.7 Å². The second kappa shape index (κ2) is 7.75. The van der Waals surface area contributed by atoms with Gasteiger partial charge in [0.1, 0.15) is 12.1 Å². The maximum atomic E-state index is 11.9. The van der Waals surface area contributed by atoms with Crippen LogP contribution in [0.3, 0.4) is 0 Å². The fourth-order valence-corrected chi connectivity index (χ4v) is 1.79. The Labute approximate surface area is 130 Å². The number of nitrogens with one attached hydrogen (secondary N) is 1. The third-order valence-corrected chi connectivity index (χ3v) is 3.09. The zero-order valence-corrected chi connectivity index (χ0v) is 12.9. The predicted octanol–water partition coefficient (Wildman–Crippen LogP) is 1.29. The summed E-state index contributed by atoms with van der Waals surface area (Å²) in [5, 5.41) is 2.84. The normalized spacial score (nSPS) is 11.8. The summed E-state index contributed by atoms with van der Waals surface area (Å²) in [5.41, 5.74) is 6.73. The Morgan fingerprint density at radius 3 is 2.81 bits per heavy atom. The fraction of sp³-hybridized carbons (Fsp3) is 0.357. The Balaban J connectivity index is 0.00000220. The van der Waals surface area contributed by atoms with Gasteiger partial charge in [0.2, 0.25) is 5.91 Å². The molecule has 21 heavy (non-hydrogen) atoms. The molecule has 3 N–H and O–H groups in total. The van der Waals surface area contributed by atoms with E-state index < -0.39 is 6.04 Å². The van der Waals surface area contributed by atoms with Crippen molar-refractivity contribution in [1.29, 1.82) is 0 Å². The van der Waals surface area contributed by atoms with Crippen molar-refractivity contribution < 1.29 is 4.79 Å². The van der Waals surface area contributed by atoms with Gasteiger partial charge in [0.15, 0.2) is 0 Å². The third-order valence-electron chi connectivity index (χ3n) is 3.09. The summed E-state index contributed by atoms with van der Waals surface area (Å²) in [6, 6.07) is 3.26. The van der Waals surface area contributed by atoms with Crippen molar-refractivity contribution in [2.75, 3.05) is 0 Å². The zero-order valence-electron chi connectivity index (χ0n) is 12.1. The van der Waals surface area contributed by atoms with E-state index in [1.807, 2.05) is 36.7 Å². The van der Waals surface area contributed by atoms with Gasteiger partial charge in [-0.1, -0.05) is 19.9 Å². The first kappa shape index (κ1) is 17.1. The van der Waals surface area contributed by atoms with Gasteiger partial charge in [-0.15, -0.1) is 12.4 Å². The molecule has 0 saturated carbocycles. The van der Waals surface area contributed by atoms with Crippen LogP contribution in [0.15, 0.2) is 37.1 Å². The highest BCUT2D eigenvalue weighted by Crippen LogP contribution is 2.10. The number of hydrogen-bond donors (Lipinski definition) is 2. The Kier molecular flexibility index (Phi) is 6.33. The van der Waals surface area contributed by atoms with Crippen molar-refractivity contribution in [1.82, 2.24) is 19.9 Å². The number of rotatable bonds is 5. The van der Waals surface area contributed by atoms with Crippen LogP contribution >= 0.6 is 12.4 Å². The van der Waals surface area contributed by atoms with Crippen molar-refractivity contribution in [2.24, 2.45) is 11.7 Å². The van der Waals surface area contributed by atoms with Crippen LogP contribution in [-0.2, 0) is 11.3 Å². The fourth-order valence-electron chi connectivity index (χ4n) is 1.79. The number of nitrogens with zero attached hydrogens (tertiary/aromatic N) is 3. The number of nitrogens with two attached hydrogens (primary N) is 1. The lowest BCUT2D eigenvalue weighted by molar-refractivity contribution is -0.123. The van der Waals surface area contributed by atoms with E-state index in [2.05, 4.69) is 15.3 Å². The first-order chi connectivity index (χ1) is 9.59. The van der Waals surface area contributed by atoms with Crippen LogP contribution in [-0.4, -0.2) is 26.5 Å². The minimum Gasteiger partial charge on any atom is -0.351 e. The molecule has 0 aliphatic carbocycles. The van der Waals surface area contributed by atoms with Crippen molar-refractivity contribution >= 4 is 18.3 Å². The average Bonchev–Trinajstić information content (AvgIpc) is 2.98. The number of aromatic nitrogens is 3. The Morgan fingerprint density at radius 1 is 1.43 bits per heavy atom. The Hall–Kier alpha value is -1.92. The third kappa shape index (κ3) is 4.27. The molecule has 1 amide bonds. The number of carbonyl (C=O) groups excluding carboxylic acids is 1.